The van der Waals surface area contributed by atoms with Crippen molar-refractivity contribution in [1.82, 2.24) is 10.1 Å². The number of aryl methyl sites for hydroxylation is 1. The maximum atomic E-state index is 12.2. The molecule has 0 radical (unpaired) electrons. The Hall–Kier alpha value is -3.15. The Labute approximate surface area is 145 Å². The Kier molecular flexibility index (Phi) is 5.09. The van der Waals surface area contributed by atoms with Crippen molar-refractivity contribution >= 4 is 11.6 Å². The summed E-state index contributed by atoms with van der Waals surface area (Å²) in [6.07, 6.45) is 0.974. The van der Waals surface area contributed by atoms with E-state index in [9.17, 15) is 4.79 Å². The second-order valence-electron chi connectivity index (χ2n) is 5.52. The molecule has 0 saturated carbocycles. The van der Waals surface area contributed by atoms with Crippen LogP contribution >= 0.6 is 0 Å². The normalized spacial score (nSPS) is 10.5. The van der Waals surface area contributed by atoms with E-state index in [2.05, 4.69) is 15.5 Å². The quantitative estimate of drug-likeness (QED) is 0.745. The monoisotopic (exact) mass is 337 g/mol. The molecule has 1 heterocycles. The Bertz CT molecular complexity index is 856. The number of anilines is 1. The van der Waals surface area contributed by atoms with Crippen molar-refractivity contribution in [2.75, 3.05) is 12.4 Å². The average molecular weight is 337 g/mol. The molecule has 0 aliphatic rings. The summed E-state index contributed by atoms with van der Waals surface area (Å²) >= 11 is 0. The van der Waals surface area contributed by atoms with Gasteiger partial charge in [-0.05, 0) is 29.8 Å². The van der Waals surface area contributed by atoms with Gasteiger partial charge in [-0.1, -0.05) is 36.3 Å². The van der Waals surface area contributed by atoms with Gasteiger partial charge in [-0.25, -0.2) is 0 Å². The molecule has 3 aromatic rings. The number of carbonyl (C=O) groups excluding carboxylic acids is 1. The van der Waals surface area contributed by atoms with E-state index in [1.807, 2.05) is 55.5 Å². The van der Waals surface area contributed by atoms with E-state index in [-0.39, 0.29) is 12.3 Å². The summed E-state index contributed by atoms with van der Waals surface area (Å²) < 4.78 is 10.2. The van der Waals surface area contributed by atoms with Crippen molar-refractivity contribution in [2.45, 2.75) is 19.8 Å². The lowest BCUT2D eigenvalue weighted by Gasteiger charge is -2.07. The highest BCUT2D eigenvalue weighted by molar-refractivity contribution is 5.92. The third kappa shape index (κ3) is 4.23. The summed E-state index contributed by atoms with van der Waals surface area (Å²) in [5.74, 6) is 1.78. The largest absolute Gasteiger partial charge is 0.497 e. The number of ether oxygens (including phenoxy) is 1. The minimum atomic E-state index is -0.0929. The molecule has 6 nitrogen and oxygen atoms in total. The van der Waals surface area contributed by atoms with Gasteiger partial charge in [0.1, 0.15) is 5.75 Å². The summed E-state index contributed by atoms with van der Waals surface area (Å²) in [5.41, 5.74) is 2.41. The van der Waals surface area contributed by atoms with Gasteiger partial charge in [0.05, 0.1) is 13.5 Å². The van der Waals surface area contributed by atoms with Crippen LogP contribution in [0.3, 0.4) is 0 Å². The predicted octanol–water partition coefficient (Wildman–Crippen LogP) is 3.49. The molecular weight excluding hydrogens is 318 g/mol. The van der Waals surface area contributed by atoms with Crippen molar-refractivity contribution in [3.63, 3.8) is 0 Å². The average Bonchev–Trinajstić information content (AvgIpc) is 3.12. The van der Waals surface area contributed by atoms with Crippen LogP contribution in [0.5, 0.6) is 5.75 Å². The van der Waals surface area contributed by atoms with Crippen molar-refractivity contribution in [2.24, 2.45) is 0 Å². The first-order valence-electron chi connectivity index (χ1n) is 8.03. The van der Waals surface area contributed by atoms with Crippen molar-refractivity contribution in [3.8, 4) is 17.1 Å². The van der Waals surface area contributed by atoms with Gasteiger partial charge in [0, 0.05) is 17.7 Å². The van der Waals surface area contributed by atoms with E-state index < -0.39 is 0 Å². The van der Waals surface area contributed by atoms with Crippen molar-refractivity contribution < 1.29 is 14.1 Å². The topological polar surface area (TPSA) is 77.2 Å². The van der Waals surface area contributed by atoms with Crippen LogP contribution in [0.4, 0.5) is 5.69 Å². The molecule has 3 rings (SSSR count). The number of hydrogen-bond donors (Lipinski definition) is 1. The molecule has 2 aromatic carbocycles. The zero-order valence-corrected chi connectivity index (χ0v) is 14.2. The van der Waals surface area contributed by atoms with Crippen LogP contribution < -0.4 is 10.1 Å². The van der Waals surface area contributed by atoms with E-state index in [1.165, 1.54) is 0 Å². The number of aromatic nitrogens is 2. The molecule has 0 aliphatic carbocycles. The number of nitrogens with zero attached hydrogens (tertiary/aromatic N) is 2. The van der Waals surface area contributed by atoms with Gasteiger partial charge in [0.2, 0.25) is 17.6 Å². The summed E-state index contributed by atoms with van der Waals surface area (Å²) in [7, 11) is 1.61. The Morgan fingerprint density at radius 1 is 1.20 bits per heavy atom. The van der Waals surface area contributed by atoms with Crippen LogP contribution in [0.15, 0.2) is 53.1 Å². The first-order chi connectivity index (χ1) is 12.2. The predicted molar refractivity (Wildman–Crippen MR) is 94.4 cm³/mol. The molecule has 1 N–H and O–H groups in total. The number of rotatable bonds is 6. The fourth-order valence-corrected chi connectivity index (χ4v) is 2.39. The number of hydrogen-bond acceptors (Lipinski definition) is 5. The fourth-order valence-electron chi connectivity index (χ4n) is 2.39. The number of benzene rings is 2. The highest BCUT2D eigenvalue weighted by Gasteiger charge is 2.09. The zero-order chi connectivity index (χ0) is 17.6. The Morgan fingerprint density at radius 3 is 2.68 bits per heavy atom. The number of amides is 1. The van der Waals surface area contributed by atoms with Gasteiger partial charge < -0.3 is 14.6 Å². The number of carbonyl (C=O) groups is 1. The minimum absolute atomic E-state index is 0.0929. The molecule has 0 bridgehead atoms. The van der Waals surface area contributed by atoms with E-state index in [0.29, 0.717) is 23.8 Å². The van der Waals surface area contributed by atoms with Gasteiger partial charge in [0.15, 0.2) is 0 Å². The van der Waals surface area contributed by atoms with Gasteiger partial charge in [-0.2, -0.15) is 4.98 Å². The number of nitrogens with one attached hydrogen (secondary N) is 1. The molecule has 0 saturated heterocycles. The van der Waals surface area contributed by atoms with Crippen LogP contribution in [0.25, 0.3) is 11.4 Å². The van der Waals surface area contributed by atoms with Gasteiger partial charge >= 0.3 is 0 Å². The summed E-state index contributed by atoms with van der Waals surface area (Å²) in [4.78, 5) is 16.5. The summed E-state index contributed by atoms with van der Waals surface area (Å²) in [5, 5.41) is 6.84. The molecule has 0 fully saturated rings. The van der Waals surface area contributed by atoms with Gasteiger partial charge in [0.25, 0.3) is 0 Å². The van der Waals surface area contributed by atoms with Crippen LogP contribution in [0.2, 0.25) is 0 Å². The summed E-state index contributed by atoms with van der Waals surface area (Å²) in [6.45, 7) is 1.95. The third-order valence-electron chi connectivity index (χ3n) is 3.70. The lowest BCUT2D eigenvalue weighted by Crippen LogP contribution is -2.14. The molecule has 1 aromatic heterocycles. The smallest absolute Gasteiger partial charge is 0.228 e. The number of methoxy groups -OCH3 is 1. The first-order valence-corrected chi connectivity index (χ1v) is 8.03. The molecular formula is C19H19N3O3. The van der Waals surface area contributed by atoms with Crippen LogP contribution in [-0.2, 0) is 17.6 Å². The molecule has 0 atom stereocenters. The second-order valence-corrected chi connectivity index (χ2v) is 5.52. The van der Waals surface area contributed by atoms with E-state index in [1.54, 1.807) is 7.11 Å². The van der Waals surface area contributed by atoms with E-state index in [4.69, 9.17) is 9.26 Å². The highest BCUT2D eigenvalue weighted by Crippen LogP contribution is 2.20. The highest BCUT2D eigenvalue weighted by atomic mass is 16.5. The fraction of sp³-hybridized carbons (Fsp3) is 0.211. The molecule has 25 heavy (non-hydrogen) atoms. The van der Waals surface area contributed by atoms with Crippen LogP contribution in [-0.4, -0.2) is 23.2 Å². The minimum Gasteiger partial charge on any atom is -0.497 e. The molecule has 0 aliphatic heterocycles. The second kappa shape index (κ2) is 7.61. The third-order valence-corrected chi connectivity index (χ3v) is 3.70. The van der Waals surface area contributed by atoms with Crippen LogP contribution in [0.1, 0.15) is 18.4 Å². The zero-order valence-electron chi connectivity index (χ0n) is 14.2. The SMILES string of the molecule is CCc1nc(-c2cccc(NC(=O)Cc3ccc(OC)cc3)c2)no1. The van der Waals surface area contributed by atoms with Crippen molar-refractivity contribution in [3.05, 3.63) is 60.0 Å². The standard InChI is InChI=1S/C19H19N3O3/c1-3-18-21-19(22-25-18)14-5-4-6-15(12-14)20-17(23)11-13-7-9-16(24-2)10-8-13/h4-10,12H,3,11H2,1-2H3,(H,20,23). The lowest BCUT2D eigenvalue weighted by molar-refractivity contribution is -0.115. The van der Waals surface area contributed by atoms with Gasteiger partial charge in [-0.15, -0.1) is 0 Å². The maximum Gasteiger partial charge on any atom is 0.228 e. The first kappa shape index (κ1) is 16.7. The summed E-state index contributed by atoms with van der Waals surface area (Å²) in [6, 6.07) is 14.8. The van der Waals surface area contributed by atoms with Gasteiger partial charge in [-0.3, -0.25) is 4.79 Å². The molecule has 6 heteroatoms. The van der Waals surface area contributed by atoms with Crippen molar-refractivity contribution in [1.29, 1.82) is 0 Å². The molecule has 1 amide bonds. The molecule has 128 valence electrons. The van der Waals surface area contributed by atoms with Crippen LogP contribution in [0, 0.1) is 0 Å². The lowest BCUT2D eigenvalue weighted by atomic mass is 10.1. The Balaban J connectivity index is 1.67. The van der Waals surface area contributed by atoms with E-state index in [0.717, 1.165) is 16.9 Å². The Morgan fingerprint density at radius 2 is 2.00 bits per heavy atom. The van der Waals surface area contributed by atoms with E-state index >= 15 is 0 Å². The molecule has 0 unspecified atom stereocenters. The maximum absolute atomic E-state index is 12.2. The molecule has 0 spiro atoms.